The number of morpholine rings is 1. The first-order valence-corrected chi connectivity index (χ1v) is 13.4. The van der Waals surface area contributed by atoms with Gasteiger partial charge in [-0.05, 0) is 55.0 Å². The Balaban J connectivity index is 1.34. The Hall–Kier alpha value is -3.12. The van der Waals surface area contributed by atoms with Gasteiger partial charge in [-0.3, -0.25) is 4.90 Å². The zero-order chi connectivity index (χ0) is 25.2. The van der Waals surface area contributed by atoms with E-state index < -0.39 is 6.29 Å². The van der Waals surface area contributed by atoms with E-state index in [-0.39, 0.29) is 0 Å². The van der Waals surface area contributed by atoms with Crippen LogP contribution in [0.15, 0.2) is 53.9 Å². The van der Waals surface area contributed by atoms with Gasteiger partial charge >= 0.3 is 0 Å². The fourth-order valence-corrected chi connectivity index (χ4v) is 4.74. The van der Waals surface area contributed by atoms with Crippen molar-refractivity contribution in [1.29, 1.82) is 5.26 Å². The monoisotopic (exact) mass is 506 g/mol. The van der Waals surface area contributed by atoms with Gasteiger partial charge in [0.15, 0.2) is 5.13 Å². The van der Waals surface area contributed by atoms with Crippen LogP contribution in [0.25, 0.3) is 11.3 Å². The molecule has 0 bridgehead atoms. The molecular weight excluding hydrogens is 472 g/mol. The largest absolute Gasteiger partial charge is 0.455 e. The third kappa shape index (κ3) is 7.44. The summed E-state index contributed by atoms with van der Waals surface area (Å²) in [7, 11) is 2.10. The molecular formula is C28H34N4O3S. The lowest BCUT2D eigenvalue weighted by Crippen LogP contribution is -2.40. The summed E-state index contributed by atoms with van der Waals surface area (Å²) in [5, 5.41) is 12.1. The van der Waals surface area contributed by atoms with Crippen molar-refractivity contribution in [3.8, 4) is 28.8 Å². The van der Waals surface area contributed by atoms with E-state index in [9.17, 15) is 0 Å². The summed E-state index contributed by atoms with van der Waals surface area (Å²) in [6.45, 7) is 7.77. The van der Waals surface area contributed by atoms with Gasteiger partial charge in [-0.25, -0.2) is 4.98 Å². The molecule has 8 heteroatoms. The average molecular weight is 507 g/mol. The second-order valence-corrected chi connectivity index (χ2v) is 9.70. The Bertz CT molecular complexity index is 1110. The van der Waals surface area contributed by atoms with E-state index >= 15 is 0 Å². The highest BCUT2D eigenvalue weighted by molar-refractivity contribution is 7.14. The zero-order valence-electron chi connectivity index (χ0n) is 21.1. The Morgan fingerprint density at radius 3 is 2.39 bits per heavy atom. The molecule has 1 aromatic heterocycles. The van der Waals surface area contributed by atoms with Crippen molar-refractivity contribution in [3.05, 3.63) is 59.5 Å². The second-order valence-electron chi connectivity index (χ2n) is 8.86. The van der Waals surface area contributed by atoms with E-state index in [1.165, 1.54) is 0 Å². The lowest BCUT2D eigenvalue weighted by Gasteiger charge is -2.28. The minimum atomic E-state index is -0.394. The number of thiazole rings is 1. The van der Waals surface area contributed by atoms with E-state index in [1.54, 1.807) is 23.5 Å². The number of benzene rings is 2. The molecule has 0 spiro atoms. The molecule has 0 amide bonds. The van der Waals surface area contributed by atoms with Crippen LogP contribution in [0.4, 0.5) is 5.13 Å². The summed E-state index contributed by atoms with van der Waals surface area (Å²) in [6.07, 6.45) is 2.45. The summed E-state index contributed by atoms with van der Waals surface area (Å²) in [4.78, 5) is 9.52. The summed E-state index contributed by atoms with van der Waals surface area (Å²) in [5.41, 5.74) is 2.64. The maximum absolute atomic E-state index is 9.00. The van der Waals surface area contributed by atoms with Crippen LogP contribution in [0.2, 0.25) is 0 Å². The summed E-state index contributed by atoms with van der Waals surface area (Å²) < 4.78 is 17.7. The lowest BCUT2D eigenvalue weighted by molar-refractivity contribution is -0.00211. The highest BCUT2D eigenvalue weighted by Gasteiger charge is 2.15. The molecule has 190 valence electrons. The number of nitrogens with zero attached hydrogens (tertiary/aromatic N) is 4. The van der Waals surface area contributed by atoms with Gasteiger partial charge in [0, 0.05) is 50.6 Å². The summed E-state index contributed by atoms with van der Waals surface area (Å²) in [5.74, 6) is 1.45. The van der Waals surface area contributed by atoms with Gasteiger partial charge in [0.2, 0.25) is 6.29 Å². The average Bonchev–Trinajstić information content (AvgIpc) is 3.42. The zero-order valence-corrected chi connectivity index (χ0v) is 21.9. The maximum atomic E-state index is 9.00. The molecule has 1 aliphatic heterocycles. The fraction of sp³-hybridized carbons (Fsp3) is 0.429. The molecule has 1 unspecified atom stereocenters. The van der Waals surface area contributed by atoms with Gasteiger partial charge < -0.3 is 19.1 Å². The lowest BCUT2D eigenvalue weighted by atomic mass is 10.2. The number of rotatable bonds is 12. The predicted octanol–water partition coefficient (Wildman–Crippen LogP) is 5.42. The van der Waals surface area contributed by atoms with Crippen LogP contribution in [-0.4, -0.2) is 62.6 Å². The smallest absolute Gasteiger partial charge is 0.241 e. The highest BCUT2D eigenvalue weighted by atomic mass is 32.1. The highest BCUT2D eigenvalue weighted by Crippen LogP contribution is 2.29. The van der Waals surface area contributed by atoms with Crippen molar-refractivity contribution in [2.75, 3.05) is 51.3 Å². The minimum Gasteiger partial charge on any atom is -0.455 e. The first kappa shape index (κ1) is 26.0. The summed E-state index contributed by atoms with van der Waals surface area (Å²) >= 11 is 1.67. The molecule has 3 aromatic rings. The third-order valence-corrected chi connectivity index (χ3v) is 7.09. The van der Waals surface area contributed by atoms with Crippen LogP contribution in [0.3, 0.4) is 0 Å². The molecule has 0 radical (unpaired) electrons. The van der Waals surface area contributed by atoms with Crippen LogP contribution < -0.4 is 14.4 Å². The van der Waals surface area contributed by atoms with Gasteiger partial charge in [0.1, 0.15) is 11.5 Å². The van der Waals surface area contributed by atoms with Crippen molar-refractivity contribution < 1.29 is 14.2 Å². The molecule has 1 aliphatic rings. The molecule has 4 rings (SSSR count). The predicted molar refractivity (Wildman–Crippen MR) is 144 cm³/mol. The van der Waals surface area contributed by atoms with Crippen LogP contribution in [0.1, 0.15) is 31.7 Å². The number of ether oxygens (including phenoxy) is 3. The number of hydrogen-bond acceptors (Lipinski definition) is 8. The van der Waals surface area contributed by atoms with E-state index in [1.807, 2.05) is 36.4 Å². The van der Waals surface area contributed by atoms with Gasteiger partial charge in [0.05, 0.1) is 30.5 Å². The Labute approximate surface area is 217 Å². The topological polar surface area (TPSA) is 70.9 Å². The molecule has 36 heavy (non-hydrogen) atoms. The Morgan fingerprint density at radius 1 is 1.08 bits per heavy atom. The van der Waals surface area contributed by atoms with Crippen molar-refractivity contribution in [2.45, 2.75) is 32.5 Å². The number of unbranched alkanes of at least 4 members (excludes halogenated alkanes) is 1. The molecule has 0 saturated carbocycles. The molecule has 7 nitrogen and oxygen atoms in total. The first-order chi connectivity index (χ1) is 17.6. The van der Waals surface area contributed by atoms with E-state index in [0.29, 0.717) is 11.3 Å². The second kappa shape index (κ2) is 13.3. The molecule has 2 aromatic carbocycles. The first-order valence-electron chi connectivity index (χ1n) is 12.6. The SMILES string of the molecule is CCCCC(Oc1ccc(C#N)cc1)Oc1ccc(-c2csc(N(C)CCN3CCOCC3)n2)cc1. The molecule has 0 aliphatic carbocycles. The van der Waals surface area contributed by atoms with Crippen molar-refractivity contribution >= 4 is 16.5 Å². The fourth-order valence-electron chi connectivity index (χ4n) is 3.91. The number of likely N-dealkylation sites (N-methyl/N-ethyl adjacent to an activating group) is 1. The quantitative estimate of drug-likeness (QED) is 0.304. The van der Waals surface area contributed by atoms with Gasteiger partial charge in [-0.1, -0.05) is 13.3 Å². The third-order valence-electron chi connectivity index (χ3n) is 6.14. The number of hydrogen-bond donors (Lipinski definition) is 0. The van der Waals surface area contributed by atoms with Crippen molar-refractivity contribution in [2.24, 2.45) is 0 Å². The van der Waals surface area contributed by atoms with Crippen LogP contribution in [0.5, 0.6) is 11.5 Å². The van der Waals surface area contributed by atoms with Gasteiger partial charge in [-0.15, -0.1) is 11.3 Å². The van der Waals surface area contributed by atoms with Crippen LogP contribution >= 0.6 is 11.3 Å². The normalized spacial score (nSPS) is 14.7. The number of nitriles is 1. The molecule has 1 saturated heterocycles. The minimum absolute atomic E-state index is 0.394. The van der Waals surface area contributed by atoms with Gasteiger partial charge in [0.25, 0.3) is 0 Å². The summed E-state index contributed by atoms with van der Waals surface area (Å²) in [6, 6.07) is 17.3. The van der Waals surface area contributed by atoms with E-state index in [2.05, 4.69) is 35.2 Å². The molecule has 1 atom stereocenters. The number of aromatic nitrogens is 1. The van der Waals surface area contributed by atoms with Crippen LogP contribution in [0, 0.1) is 11.3 Å². The van der Waals surface area contributed by atoms with E-state index in [4.69, 9.17) is 24.5 Å². The number of anilines is 1. The standard InChI is InChI=1S/C28H34N4O3S/c1-3-4-5-27(34-24-10-6-22(20-29)7-11-24)35-25-12-8-23(9-13-25)26-21-36-28(30-26)31(2)14-15-32-16-18-33-19-17-32/h6-13,21,27H,3-5,14-19H2,1-2H3. The van der Waals surface area contributed by atoms with Gasteiger partial charge in [-0.2, -0.15) is 5.26 Å². The molecule has 2 heterocycles. The van der Waals surface area contributed by atoms with E-state index in [0.717, 1.165) is 80.8 Å². The Morgan fingerprint density at radius 2 is 1.75 bits per heavy atom. The van der Waals surface area contributed by atoms with Crippen molar-refractivity contribution in [3.63, 3.8) is 0 Å². The molecule has 0 N–H and O–H groups in total. The molecule has 1 fully saturated rings. The Kier molecular flexibility index (Phi) is 9.56. The maximum Gasteiger partial charge on any atom is 0.241 e. The van der Waals surface area contributed by atoms with Crippen LogP contribution in [-0.2, 0) is 4.74 Å². The van der Waals surface area contributed by atoms with Crippen molar-refractivity contribution in [1.82, 2.24) is 9.88 Å².